The average Bonchev–Trinajstić information content (AvgIpc) is 3.26. The molecule has 0 saturated carbocycles. The van der Waals surface area contributed by atoms with Crippen LogP contribution in [0.4, 0.5) is 0 Å². The van der Waals surface area contributed by atoms with E-state index in [9.17, 15) is 19.8 Å². The molecule has 0 aromatic rings. The smallest absolute Gasteiger partial charge is 0.305 e. The van der Waals surface area contributed by atoms with Crippen molar-refractivity contribution in [3.63, 3.8) is 0 Å². The number of carbonyl (C=O) groups is 2. The highest BCUT2D eigenvalue weighted by Crippen LogP contribution is 2.16. The first-order valence-corrected chi connectivity index (χ1v) is 26.8. The molecule has 0 spiro atoms. The summed E-state index contributed by atoms with van der Waals surface area (Å²) in [5.74, 6) is -0.0868. The fourth-order valence-electron chi connectivity index (χ4n) is 8.02. The number of aliphatic hydroxyl groups is 2. The van der Waals surface area contributed by atoms with Gasteiger partial charge in [0.05, 0.1) is 25.4 Å². The van der Waals surface area contributed by atoms with Crippen molar-refractivity contribution in [2.45, 2.75) is 289 Å². The van der Waals surface area contributed by atoms with Gasteiger partial charge >= 0.3 is 5.97 Å². The van der Waals surface area contributed by atoms with Crippen molar-refractivity contribution in [3.05, 3.63) is 36.5 Å². The van der Waals surface area contributed by atoms with Crippen molar-refractivity contribution in [1.82, 2.24) is 5.32 Å². The van der Waals surface area contributed by atoms with E-state index in [-0.39, 0.29) is 18.5 Å². The summed E-state index contributed by atoms with van der Waals surface area (Å²) in [4.78, 5) is 24.5. The van der Waals surface area contributed by atoms with Crippen LogP contribution < -0.4 is 5.32 Å². The second kappa shape index (κ2) is 50.7. The topological polar surface area (TPSA) is 95.9 Å². The van der Waals surface area contributed by atoms with E-state index in [1.165, 1.54) is 186 Å². The lowest BCUT2D eigenvalue weighted by Gasteiger charge is -2.20. The SMILES string of the molecule is CCCCC/C=C\C/C=C\CCCCCCCCCC(=O)OCCCCCCCCCCCCCCCCCC(=O)NC(CO)C(O)/C=C/CCCCCCCCCCCC. The minimum Gasteiger partial charge on any atom is -0.466 e. The number of esters is 1. The van der Waals surface area contributed by atoms with E-state index in [2.05, 4.69) is 43.5 Å². The quantitative estimate of drug-likeness (QED) is 0.0322. The molecule has 0 rings (SSSR count). The molecule has 0 aliphatic heterocycles. The lowest BCUT2D eigenvalue weighted by atomic mass is 10.0. The highest BCUT2D eigenvalue weighted by molar-refractivity contribution is 5.76. The Labute approximate surface area is 379 Å². The molecule has 2 unspecified atom stereocenters. The first kappa shape index (κ1) is 59.1. The molecular weight excluding hydrogens is 755 g/mol. The van der Waals surface area contributed by atoms with Crippen LogP contribution in [-0.4, -0.2) is 47.4 Å². The van der Waals surface area contributed by atoms with E-state index in [0.29, 0.717) is 19.4 Å². The molecule has 2 atom stereocenters. The maximum atomic E-state index is 12.4. The molecule has 0 aromatic carbocycles. The molecular formula is C55H103NO5. The van der Waals surface area contributed by atoms with Crippen LogP contribution >= 0.6 is 0 Å². The molecule has 1 amide bonds. The van der Waals surface area contributed by atoms with Gasteiger partial charge in [-0.2, -0.15) is 0 Å². The van der Waals surface area contributed by atoms with Crippen molar-refractivity contribution < 1.29 is 24.5 Å². The number of aliphatic hydroxyl groups excluding tert-OH is 2. The summed E-state index contributed by atoms with van der Waals surface area (Å²) in [6.45, 7) is 4.85. The zero-order valence-electron chi connectivity index (χ0n) is 40.6. The Kier molecular flexibility index (Phi) is 49.1. The number of rotatable bonds is 49. The van der Waals surface area contributed by atoms with E-state index < -0.39 is 12.1 Å². The van der Waals surface area contributed by atoms with Crippen molar-refractivity contribution in [1.29, 1.82) is 0 Å². The summed E-state index contributed by atoms with van der Waals surface area (Å²) in [5, 5.41) is 23.0. The van der Waals surface area contributed by atoms with Gasteiger partial charge in [-0.25, -0.2) is 0 Å². The summed E-state index contributed by atoms with van der Waals surface area (Å²) in [6, 6.07) is -0.634. The van der Waals surface area contributed by atoms with Gasteiger partial charge in [-0.15, -0.1) is 0 Å². The summed E-state index contributed by atoms with van der Waals surface area (Å²) in [5.41, 5.74) is 0. The third-order valence-electron chi connectivity index (χ3n) is 12.2. The van der Waals surface area contributed by atoms with Gasteiger partial charge in [-0.05, 0) is 64.2 Å². The zero-order chi connectivity index (χ0) is 44.4. The monoisotopic (exact) mass is 858 g/mol. The van der Waals surface area contributed by atoms with Crippen LogP contribution in [0.25, 0.3) is 0 Å². The molecule has 3 N–H and O–H groups in total. The third-order valence-corrected chi connectivity index (χ3v) is 12.2. The molecule has 61 heavy (non-hydrogen) atoms. The Bertz CT molecular complexity index is 993. The van der Waals surface area contributed by atoms with Crippen molar-refractivity contribution in [2.75, 3.05) is 13.2 Å². The Morgan fingerprint density at radius 2 is 0.820 bits per heavy atom. The second-order valence-electron chi connectivity index (χ2n) is 18.2. The van der Waals surface area contributed by atoms with E-state index in [0.717, 1.165) is 64.2 Å². The van der Waals surface area contributed by atoms with Gasteiger partial charge in [0.1, 0.15) is 0 Å². The van der Waals surface area contributed by atoms with Crippen LogP contribution in [0.15, 0.2) is 36.5 Å². The fourth-order valence-corrected chi connectivity index (χ4v) is 8.02. The lowest BCUT2D eigenvalue weighted by molar-refractivity contribution is -0.143. The first-order chi connectivity index (χ1) is 30.0. The highest BCUT2D eigenvalue weighted by Gasteiger charge is 2.18. The van der Waals surface area contributed by atoms with E-state index >= 15 is 0 Å². The fraction of sp³-hybridized carbons (Fsp3) is 0.855. The molecule has 0 aliphatic rings. The van der Waals surface area contributed by atoms with Crippen LogP contribution in [0, 0.1) is 0 Å². The number of allylic oxidation sites excluding steroid dienone is 5. The van der Waals surface area contributed by atoms with Gasteiger partial charge in [0.15, 0.2) is 0 Å². The number of nitrogens with one attached hydrogen (secondary N) is 1. The summed E-state index contributed by atoms with van der Waals surface area (Å²) in [7, 11) is 0. The third kappa shape index (κ3) is 47.4. The maximum Gasteiger partial charge on any atom is 0.305 e. The van der Waals surface area contributed by atoms with Crippen molar-refractivity contribution in [3.8, 4) is 0 Å². The van der Waals surface area contributed by atoms with E-state index in [1.807, 2.05) is 6.08 Å². The average molecular weight is 858 g/mol. The van der Waals surface area contributed by atoms with Gasteiger partial charge < -0.3 is 20.3 Å². The highest BCUT2D eigenvalue weighted by atomic mass is 16.5. The largest absolute Gasteiger partial charge is 0.466 e. The summed E-state index contributed by atoms with van der Waals surface area (Å²) in [6.07, 6.45) is 61.4. The second-order valence-corrected chi connectivity index (χ2v) is 18.2. The molecule has 0 fully saturated rings. The molecule has 358 valence electrons. The Morgan fingerprint density at radius 1 is 0.459 bits per heavy atom. The summed E-state index contributed by atoms with van der Waals surface area (Å²) < 4.78 is 5.47. The number of amides is 1. The summed E-state index contributed by atoms with van der Waals surface area (Å²) >= 11 is 0. The van der Waals surface area contributed by atoms with Crippen LogP contribution in [0.2, 0.25) is 0 Å². The Balaban J connectivity index is 3.45. The Hall–Kier alpha value is -1.92. The standard InChI is InChI=1S/C55H103NO5/c1-3-5-7-9-11-13-15-17-18-19-22-25-29-33-37-41-45-49-55(60)61-50-46-42-38-34-30-26-23-20-21-24-28-32-36-40-44-48-54(59)56-52(51-57)53(58)47-43-39-35-31-27-16-14-12-10-8-6-4-2/h11,13,17-18,43,47,52-53,57-58H,3-10,12,14-16,19-42,44-46,48-51H2,1-2H3,(H,56,59)/b13-11-,18-17-,47-43+. The normalized spacial score (nSPS) is 12.9. The van der Waals surface area contributed by atoms with Crippen molar-refractivity contribution in [2.24, 2.45) is 0 Å². The number of ether oxygens (including phenoxy) is 1. The maximum absolute atomic E-state index is 12.4. The van der Waals surface area contributed by atoms with E-state index in [1.54, 1.807) is 6.08 Å². The zero-order valence-corrected chi connectivity index (χ0v) is 40.6. The van der Waals surface area contributed by atoms with Crippen LogP contribution in [0.1, 0.15) is 277 Å². The minimum atomic E-state index is -0.849. The molecule has 6 nitrogen and oxygen atoms in total. The minimum absolute atomic E-state index is 0.00877. The van der Waals surface area contributed by atoms with Gasteiger partial charge in [0.2, 0.25) is 5.91 Å². The molecule has 0 radical (unpaired) electrons. The first-order valence-electron chi connectivity index (χ1n) is 26.8. The molecule has 0 aliphatic carbocycles. The van der Waals surface area contributed by atoms with Gasteiger partial charge in [0, 0.05) is 12.8 Å². The number of carbonyl (C=O) groups excluding carboxylic acids is 2. The molecule has 0 bridgehead atoms. The number of hydrogen-bond donors (Lipinski definition) is 3. The molecule has 6 heteroatoms. The predicted octanol–water partition coefficient (Wildman–Crippen LogP) is 16.1. The molecule has 0 aromatic heterocycles. The molecule has 0 heterocycles. The van der Waals surface area contributed by atoms with Crippen molar-refractivity contribution >= 4 is 11.9 Å². The molecule has 0 saturated heterocycles. The Morgan fingerprint density at radius 3 is 1.28 bits per heavy atom. The van der Waals surface area contributed by atoms with Gasteiger partial charge in [0.25, 0.3) is 0 Å². The van der Waals surface area contributed by atoms with Crippen LogP contribution in [-0.2, 0) is 14.3 Å². The number of hydrogen-bond acceptors (Lipinski definition) is 5. The number of unbranched alkanes of at least 4 members (excludes halogenated alkanes) is 34. The lowest BCUT2D eigenvalue weighted by Crippen LogP contribution is -2.45. The van der Waals surface area contributed by atoms with Crippen LogP contribution in [0.3, 0.4) is 0 Å². The van der Waals surface area contributed by atoms with E-state index in [4.69, 9.17) is 4.74 Å². The van der Waals surface area contributed by atoms with Gasteiger partial charge in [-0.1, -0.05) is 237 Å². The van der Waals surface area contributed by atoms with Gasteiger partial charge in [-0.3, -0.25) is 9.59 Å². The van der Waals surface area contributed by atoms with Crippen LogP contribution in [0.5, 0.6) is 0 Å². The predicted molar refractivity (Wildman–Crippen MR) is 264 cm³/mol.